The molecule has 4 nitrogen and oxygen atoms in total. The molecule has 9 heteroatoms. The van der Waals surface area contributed by atoms with Crippen LogP contribution >= 0.6 is 22.4 Å². The molecule has 0 N–H and O–H groups in total. The van der Waals surface area contributed by atoms with E-state index in [4.69, 9.17) is 41.7 Å². The van der Waals surface area contributed by atoms with Gasteiger partial charge in [-0.05, 0) is 48.5 Å². The lowest BCUT2D eigenvalue weighted by molar-refractivity contribution is 0.501. The minimum Gasteiger partial charge on any atom is -0.428 e. The van der Waals surface area contributed by atoms with E-state index in [0.29, 0.717) is 23.0 Å². The van der Waals surface area contributed by atoms with Crippen molar-refractivity contribution in [2.45, 2.75) is 0 Å². The van der Waals surface area contributed by atoms with Crippen LogP contribution in [0, 0.1) is 0 Å². The molecule has 0 saturated heterocycles. The summed E-state index contributed by atoms with van der Waals surface area (Å²) < 4.78 is 25.0. The Kier molecular flexibility index (Phi) is 8.13. The fourth-order valence-electron chi connectivity index (χ4n) is 2.67. The van der Waals surface area contributed by atoms with Gasteiger partial charge in [-0.15, -0.1) is 0 Å². The molecule has 0 spiro atoms. The first-order valence-corrected chi connectivity index (χ1v) is 17.2. The smallest absolute Gasteiger partial charge is 0.359 e. The fraction of sp³-hybridized carbons (Fsp3) is 0. The summed E-state index contributed by atoms with van der Waals surface area (Å²) in [6.07, 6.45) is 0. The van der Waals surface area contributed by atoms with E-state index < -0.39 is 11.4 Å². The molecular formula is C24H20O4P2S3. The van der Waals surface area contributed by atoms with E-state index in [9.17, 15) is 0 Å². The molecule has 0 aliphatic carbocycles. The Morgan fingerprint density at radius 2 is 0.606 bits per heavy atom. The Balaban J connectivity index is 1.69. The third kappa shape index (κ3) is 7.36. The molecule has 0 aromatic heterocycles. The first-order valence-electron chi connectivity index (χ1n) is 9.92. The minimum absolute atomic E-state index is 0.588. The van der Waals surface area contributed by atoms with Gasteiger partial charge in [0.1, 0.15) is 23.0 Å². The molecule has 0 saturated carbocycles. The normalized spacial score (nSPS) is 11.4. The number of benzene rings is 4. The van der Waals surface area contributed by atoms with E-state index >= 15 is 0 Å². The highest BCUT2D eigenvalue weighted by molar-refractivity contribution is 8.96. The molecule has 0 atom stereocenters. The highest BCUT2D eigenvalue weighted by Crippen LogP contribution is 2.77. The molecule has 0 aliphatic rings. The van der Waals surface area contributed by atoms with Crippen molar-refractivity contribution in [2.24, 2.45) is 0 Å². The predicted octanol–water partition coefficient (Wildman–Crippen LogP) is 8.48. The second-order valence-corrected chi connectivity index (χ2v) is 18.4. The predicted molar refractivity (Wildman–Crippen MR) is 144 cm³/mol. The van der Waals surface area contributed by atoms with Crippen LogP contribution in [0.4, 0.5) is 0 Å². The Labute approximate surface area is 207 Å². The van der Waals surface area contributed by atoms with E-state index in [-0.39, 0.29) is 0 Å². The highest BCUT2D eigenvalue weighted by atomic mass is 33.2. The van der Waals surface area contributed by atoms with Gasteiger partial charge in [-0.2, -0.15) is 0 Å². The summed E-state index contributed by atoms with van der Waals surface area (Å²) in [5.74, 6) is 2.35. The van der Waals surface area contributed by atoms with Gasteiger partial charge in [0.05, 0.1) is 11.0 Å². The molecule has 0 fully saturated rings. The topological polar surface area (TPSA) is 36.9 Å². The molecular weight excluding hydrogens is 510 g/mol. The molecule has 0 unspecified atom stereocenters. The number of rotatable bonds is 10. The summed E-state index contributed by atoms with van der Waals surface area (Å²) in [6.45, 7) is 0. The zero-order chi connectivity index (χ0) is 23.0. The van der Waals surface area contributed by atoms with Crippen molar-refractivity contribution in [3.05, 3.63) is 121 Å². The van der Waals surface area contributed by atoms with Gasteiger partial charge in [0.2, 0.25) is 0 Å². The van der Waals surface area contributed by atoms with Gasteiger partial charge in [-0.1, -0.05) is 72.8 Å². The van der Waals surface area contributed by atoms with Crippen LogP contribution in [0.3, 0.4) is 0 Å². The second kappa shape index (κ2) is 11.2. The number of para-hydroxylation sites is 4. The van der Waals surface area contributed by atoms with E-state index in [0.717, 1.165) is 11.0 Å². The minimum atomic E-state index is -3.11. The summed E-state index contributed by atoms with van der Waals surface area (Å²) in [5.41, 5.74) is -6.23. The van der Waals surface area contributed by atoms with Crippen LogP contribution in [0.1, 0.15) is 0 Å². The first kappa shape index (κ1) is 23.9. The zero-order valence-corrected chi connectivity index (χ0v) is 21.5. The molecule has 0 bridgehead atoms. The molecule has 0 amide bonds. The van der Waals surface area contributed by atoms with Gasteiger partial charge in [-0.3, -0.25) is 0 Å². The Bertz CT molecular complexity index is 1050. The average molecular weight is 531 g/mol. The van der Waals surface area contributed by atoms with E-state index in [1.165, 1.54) is 0 Å². The Morgan fingerprint density at radius 1 is 0.394 bits per heavy atom. The quantitative estimate of drug-likeness (QED) is 0.190. The molecule has 4 aromatic carbocycles. The van der Waals surface area contributed by atoms with Crippen molar-refractivity contribution >= 4 is 46.0 Å². The maximum atomic E-state index is 6.24. The van der Waals surface area contributed by atoms with Crippen molar-refractivity contribution in [3.63, 3.8) is 0 Å². The molecule has 4 rings (SSSR count). The van der Waals surface area contributed by atoms with Gasteiger partial charge in [-0.25, -0.2) is 0 Å². The van der Waals surface area contributed by atoms with Crippen LogP contribution in [0.15, 0.2) is 121 Å². The third-order valence-corrected chi connectivity index (χ3v) is 16.4. The number of hydrogen-bond donors (Lipinski definition) is 0. The van der Waals surface area contributed by atoms with Crippen molar-refractivity contribution in [1.82, 2.24) is 0 Å². The van der Waals surface area contributed by atoms with Crippen LogP contribution in [-0.4, -0.2) is 0 Å². The lowest BCUT2D eigenvalue weighted by Crippen LogP contribution is -2.02. The summed E-state index contributed by atoms with van der Waals surface area (Å²) in [4.78, 5) is 0. The Hall–Kier alpha value is -2.27. The van der Waals surface area contributed by atoms with Crippen molar-refractivity contribution in [2.75, 3.05) is 0 Å². The molecule has 0 heterocycles. The van der Waals surface area contributed by atoms with Gasteiger partial charge < -0.3 is 18.1 Å². The van der Waals surface area contributed by atoms with Crippen molar-refractivity contribution < 1.29 is 18.1 Å². The summed E-state index contributed by atoms with van der Waals surface area (Å²) in [7, 11) is 0. The number of hydrogen-bond acceptors (Lipinski definition) is 7. The zero-order valence-electron chi connectivity index (χ0n) is 17.3. The molecule has 0 aliphatic heterocycles. The van der Waals surface area contributed by atoms with Crippen LogP contribution < -0.4 is 18.1 Å². The van der Waals surface area contributed by atoms with Crippen molar-refractivity contribution in [3.8, 4) is 23.0 Å². The molecule has 168 valence electrons. The fourth-order valence-corrected chi connectivity index (χ4v) is 17.1. The lowest BCUT2D eigenvalue weighted by atomic mass is 10.3. The molecule has 0 radical (unpaired) electrons. The van der Waals surface area contributed by atoms with Crippen LogP contribution in [0.2, 0.25) is 0 Å². The van der Waals surface area contributed by atoms with Gasteiger partial charge in [0, 0.05) is 23.6 Å². The standard InChI is InChI=1S/C24H20O4P2S3/c31-29(25-21-13-5-1-6-14-21,26-22-15-7-2-8-16-22)33-30(32,27-23-17-9-3-10-18-23)28-24-19-11-4-12-20-24/h1-20H. The summed E-state index contributed by atoms with van der Waals surface area (Å²) >= 11 is 13.1. The maximum Gasteiger partial charge on any atom is 0.359 e. The van der Waals surface area contributed by atoms with E-state index in [1.807, 2.05) is 121 Å². The van der Waals surface area contributed by atoms with Crippen LogP contribution in [0.25, 0.3) is 0 Å². The lowest BCUT2D eigenvalue weighted by Gasteiger charge is -2.28. The van der Waals surface area contributed by atoms with Crippen LogP contribution in [0.5, 0.6) is 23.0 Å². The monoisotopic (exact) mass is 530 g/mol. The van der Waals surface area contributed by atoms with Gasteiger partial charge in [0.15, 0.2) is 0 Å². The Morgan fingerprint density at radius 3 is 0.818 bits per heavy atom. The first-order chi connectivity index (χ1) is 16.0. The summed E-state index contributed by atoms with van der Waals surface area (Å²) in [6, 6.07) is 37.2. The molecule has 4 aromatic rings. The SMILES string of the molecule is S=P(Oc1ccccc1)(Oc1ccccc1)SP(=S)(Oc1ccccc1)Oc1ccccc1. The highest BCUT2D eigenvalue weighted by Gasteiger charge is 2.38. The van der Waals surface area contributed by atoms with E-state index in [2.05, 4.69) is 0 Å². The van der Waals surface area contributed by atoms with Crippen LogP contribution in [-0.2, 0) is 23.6 Å². The molecule has 33 heavy (non-hydrogen) atoms. The third-order valence-electron chi connectivity index (χ3n) is 4.04. The summed E-state index contributed by atoms with van der Waals surface area (Å²) in [5, 5.41) is 0. The van der Waals surface area contributed by atoms with Crippen molar-refractivity contribution in [1.29, 1.82) is 0 Å². The maximum absolute atomic E-state index is 6.24. The largest absolute Gasteiger partial charge is 0.428 e. The average Bonchev–Trinajstić information content (AvgIpc) is 2.81. The van der Waals surface area contributed by atoms with E-state index in [1.54, 1.807) is 0 Å². The second-order valence-electron chi connectivity index (χ2n) is 6.59. The van der Waals surface area contributed by atoms with Gasteiger partial charge in [0.25, 0.3) is 0 Å². The van der Waals surface area contributed by atoms with Gasteiger partial charge >= 0.3 is 11.4 Å².